The summed E-state index contributed by atoms with van der Waals surface area (Å²) in [6.07, 6.45) is 3.14. The Labute approximate surface area is 222 Å². The van der Waals surface area contributed by atoms with Gasteiger partial charge >= 0.3 is 6.55 Å². The maximum absolute atomic E-state index is 14.0. The van der Waals surface area contributed by atoms with Crippen molar-refractivity contribution >= 4 is 22.8 Å². The molecule has 7 nitrogen and oxygen atoms in total. The summed E-state index contributed by atoms with van der Waals surface area (Å²) < 4.78 is 28.1. The van der Waals surface area contributed by atoms with Gasteiger partial charge in [-0.1, -0.05) is 24.8 Å². The number of aryl methyl sites for hydroxylation is 1. The average molecular weight is 521 g/mol. The van der Waals surface area contributed by atoms with Gasteiger partial charge in [-0.15, -0.1) is 0 Å². The number of pyridine rings is 1. The summed E-state index contributed by atoms with van der Waals surface area (Å²) >= 11 is 0. The summed E-state index contributed by atoms with van der Waals surface area (Å²) in [5.74, 6) is 0.313. The van der Waals surface area contributed by atoms with E-state index < -0.39 is 6.55 Å². The molecule has 1 fully saturated rings. The van der Waals surface area contributed by atoms with E-state index in [1.54, 1.807) is 30.5 Å². The maximum Gasteiger partial charge on any atom is 0.320 e. The van der Waals surface area contributed by atoms with Gasteiger partial charge in [-0.05, 0) is 61.7 Å². The average Bonchev–Trinajstić information content (AvgIpc) is 2.94. The second-order valence-corrected chi connectivity index (χ2v) is 9.34. The first kappa shape index (κ1) is 27.1. The highest BCUT2D eigenvalue weighted by molar-refractivity contribution is 6.14. The molecule has 1 aromatic heterocycles. The molecule has 4 N–H and O–H groups in total. The Morgan fingerprint density at radius 3 is 2.58 bits per heavy atom. The predicted octanol–water partition coefficient (Wildman–Crippen LogP) is 5.42. The van der Waals surface area contributed by atoms with Gasteiger partial charge in [0.25, 0.3) is 0 Å². The second-order valence-electron chi connectivity index (χ2n) is 9.34. The van der Waals surface area contributed by atoms with Gasteiger partial charge in [-0.2, -0.15) is 8.78 Å². The smallest absolute Gasteiger partial charge is 0.320 e. The molecule has 0 radical (unpaired) electrons. The number of benzene rings is 2. The number of aromatic nitrogens is 1. The molecule has 4 rings (SSSR count). The zero-order valence-electron chi connectivity index (χ0n) is 21.7. The van der Waals surface area contributed by atoms with Crippen LogP contribution in [0.3, 0.4) is 0 Å². The molecule has 2 heterocycles. The number of rotatable bonds is 10. The Hall–Kier alpha value is -3.98. The Morgan fingerprint density at radius 1 is 1.18 bits per heavy atom. The van der Waals surface area contributed by atoms with E-state index in [0.29, 0.717) is 41.6 Å². The van der Waals surface area contributed by atoms with E-state index in [1.165, 1.54) is 0 Å². The van der Waals surface area contributed by atoms with Gasteiger partial charge < -0.3 is 20.6 Å². The topological polar surface area (TPSA) is 87.5 Å². The number of halogens is 2. The maximum atomic E-state index is 14.0. The van der Waals surface area contributed by atoms with Crippen molar-refractivity contribution in [1.82, 2.24) is 9.88 Å². The van der Waals surface area contributed by atoms with Gasteiger partial charge in [0.15, 0.2) is 0 Å². The lowest BCUT2D eigenvalue weighted by Gasteiger charge is -2.40. The van der Waals surface area contributed by atoms with E-state index in [9.17, 15) is 13.9 Å². The van der Waals surface area contributed by atoms with E-state index in [0.717, 1.165) is 40.2 Å². The molecule has 0 unspecified atom stereocenters. The number of alkyl halides is 2. The van der Waals surface area contributed by atoms with Crippen LogP contribution in [0.25, 0.3) is 0 Å². The molecule has 1 aliphatic rings. The SMILES string of the molecule is C=C(N1CCC(Nc2ccc(C(=N)c3ccnc(CO)c3)c(NC)c2)CC1)N(c1ccccc1C)C(F)F. The van der Waals surface area contributed by atoms with E-state index in [2.05, 4.69) is 22.2 Å². The zero-order valence-corrected chi connectivity index (χ0v) is 21.7. The molecule has 9 heteroatoms. The molecule has 1 saturated heterocycles. The van der Waals surface area contributed by atoms with Crippen LogP contribution >= 0.6 is 0 Å². The minimum absolute atomic E-state index is 0.179. The standard InChI is InChI=1S/C29H34F2N6O/c1-19-6-4-5-7-27(19)37(29(30)31)20(2)36-14-11-22(12-15-36)35-23-8-9-25(26(17-23)33-3)28(32)21-10-13-34-24(16-21)18-38/h4-10,13,16-17,22,29,32-33,35,38H,2,11-12,14-15,18H2,1,3H3. The number of hydrogen-bond acceptors (Lipinski definition) is 7. The first-order valence-electron chi connectivity index (χ1n) is 12.6. The number of nitrogens with zero attached hydrogens (tertiary/aromatic N) is 3. The summed E-state index contributed by atoms with van der Waals surface area (Å²) in [6.45, 7) is 4.21. The van der Waals surface area contributed by atoms with E-state index in [-0.39, 0.29) is 12.6 Å². The fourth-order valence-electron chi connectivity index (χ4n) is 4.80. The van der Waals surface area contributed by atoms with Crippen molar-refractivity contribution in [2.75, 3.05) is 35.7 Å². The van der Waals surface area contributed by atoms with Gasteiger partial charge in [-0.3, -0.25) is 15.3 Å². The second kappa shape index (κ2) is 12.0. The quantitative estimate of drug-likeness (QED) is 0.211. The van der Waals surface area contributed by atoms with Crippen LogP contribution in [0, 0.1) is 12.3 Å². The van der Waals surface area contributed by atoms with Gasteiger partial charge in [0.1, 0.15) is 5.82 Å². The van der Waals surface area contributed by atoms with Crippen LogP contribution in [0.2, 0.25) is 0 Å². The van der Waals surface area contributed by atoms with E-state index in [4.69, 9.17) is 5.41 Å². The monoisotopic (exact) mass is 520 g/mol. The van der Waals surface area contributed by atoms with Gasteiger partial charge in [0, 0.05) is 54.9 Å². The molecule has 0 bridgehead atoms. The lowest BCUT2D eigenvalue weighted by atomic mass is 9.99. The van der Waals surface area contributed by atoms with Crippen LogP contribution in [0.1, 0.15) is 35.2 Å². The summed E-state index contributed by atoms with van der Waals surface area (Å²) in [7, 11) is 1.81. The third-order valence-corrected chi connectivity index (χ3v) is 6.90. The van der Waals surface area contributed by atoms with Crippen molar-refractivity contribution in [3.05, 3.63) is 95.6 Å². The van der Waals surface area contributed by atoms with Crippen molar-refractivity contribution in [3.63, 3.8) is 0 Å². The molecule has 0 atom stereocenters. The normalized spacial score (nSPS) is 13.9. The highest BCUT2D eigenvalue weighted by Gasteiger charge is 2.28. The summed E-state index contributed by atoms with van der Waals surface area (Å²) in [6, 6.07) is 16.6. The fraction of sp³-hybridized carbons (Fsp3) is 0.310. The van der Waals surface area contributed by atoms with Crippen molar-refractivity contribution in [1.29, 1.82) is 5.41 Å². The first-order chi connectivity index (χ1) is 18.3. The van der Waals surface area contributed by atoms with Crippen LogP contribution in [-0.2, 0) is 6.61 Å². The molecule has 0 spiro atoms. The molecule has 0 aliphatic carbocycles. The number of nitrogens with one attached hydrogen (secondary N) is 3. The van der Waals surface area contributed by atoms with E-state index in [1.807, 2.05) is 49.2 Å². The Bertz CT molecular complexity index is 1290. The zero-order chi connectivity index (χ0) is 27.2. The summed E-state index contributed by atoms with van der Waals surface area (Å²) in [5.41, 5.74) is 5.24. The first-order valence-corrected chi connectivity index (χ1v) is 12.6. The molecule has 2 aromatic carbocycles. The van der Waals surface area contributed by atoms with Crippen molar-refractivity contribution in [3.8, 4) is 0 Å². The van der Waals surface area contributed by atoms with Gasteiger partial charge in [-0.25, -0.2) is 0 Å². The van der Waals surface area contributed by atoms with Crippen molar-refractivity contribution in [2.45, 2.75) is 39.0 Å². The number of aliphatic hydroxyl groups excluding tert-OH is 1. The number of piperidine rings is 1. The summed E-state index contributed by atoms with van der Waals surface area (Å²) in [4.78, 5) is 7.03. The molecule has 38 heavy (non-hydrogen) atoms. The number of para-hydroxylation sites is 1. The highest BCUT2D eigenvalue weighted by Crippen LogP contribution is 2.30. The number of anilines is 3. The minimum atomic E-state index is -2.68. The van der Waals surface area contributed by atoms with Gasteiger partial charge in [0.2, 0.25) is 0 Å². The van der Waals surface area contributed by atoms with Crippen LogP contribution in [0.15, 0.2) is 73.2 Å². The molecule has 1 aliphatic heterocycles. The molecule has 200 valence electrons. The largest absolute Gasteiger partial charge is 0.390 e. The number of aliphatic hydroxyl groups is 1. The Balaban J connectivity index is 1.41. The molecular weight excluding hydrogens is 486 g/mol. The van der Waals surface area contributed by atoms with E-state index >= 15 is 0 Å². The van der Waals surface area contributed by atoms with Crippen LogP contribution in [-0.4, -0.2) is 53.4 Å². The third kappa shape index (κ3) is 5.94. The molecule has 0 amide bonds. The highest BCUT2D eigenvalue weighted by atomic mass is 19.3. The van der Waals surface area contributed by atoms with Crippen molar-refractivity contribution < 1.29 is 13.9 Å². The summed E-state index contributed by atoms with van der Waals surface area (Å²) in [5, 5.41) is 24.8. The van der Waals surface area contributed by atoms with Crippen LogP contribution < -0.4 is 15.5 Å². The molecule has 0 saturated carbocycles. The Kier molecular flexibility index (Phi) is 8.58. The predicted molar refractivity (Wildman–Crippen MR) is 149 cm³/mol. The third-order valence-electron chi connectivity index (χ3n) is 6.90. The number of likely N-dealkylation sites (tertiary alicyclic amines) is 1. The molecule has 3 aromatic rings. The van der Waals surface area contributed by atoms with Crippen LogP contribution in [0.4, 0.5) is 25.8 Å². The van der Waals surface area contributed by atoms with Crippen LogP contribution in [0.5, 0.6) is 0 Å². The lowest BCUT2D eigenvalue weighted by molar-refractivity contribution is 0.134. The Morgan fingerprint density at radius 2 is 1.92 bits per heavy atom. The van der Waals surface area contributed by atoms with Gasteiger partial charge in [0.05, 0.1) is 23.7 Å². The molecular formula is C29H34F2N6O. The number of hydrogen-bond donors (Lipinski definition) is 4. The lowest BCUT2D eigenvalue weighted by Crippen LogP contribution is -2.44. The minimum Gasteiger partial charge on any atom is -0.390 e. The fourth-order valence-corrected chi connectivity index (χ4v) is 4.80. The van der Waals surface area contributed by atoms with Crippen molar-refractivity contribution in [2.24, 2.45) is 0 Å².